The molecule has 0 aromatic heterocycles. The smallest absolute Gasteiger partial charge is 0.274 e. The molecule has 1 atom stereocenters. The SMILES string of the molecule is COc1ccc(C2=C3C(=O)N(c4cccc([N+](=O)[O-])c4C)C(=O)[C@H]3ON2)cc1OC. The molecule has 2 aliphatic rings. The van der Waals surface area contributed by atoms with Crippen LogP contribution in [0.15, 0.2) is 42.0 Å². The van der Waals surface area contributed by atoms with Crippen molar-refractivity contribution in [3.05, 3.63) is 63.2 Å². The number of hydroxylamine groups is 1. The Bertz CT molecular complexity index is 1130. The lowest BCUT2D eigenvalue weighted by atomic mass is 10.0. The normalized spacial score (nSPS) is 17.8. The van der Waals surface area contributed by atoms with Gasteiger partial charge in [0.2, 0.25) is 0 Å². The number of nitrogens with one attached hydrogen (secondary N) is 1. The Morgan fingerprint density at radius 2 is 1.87 bits per heavy atom. The van der Waals surface area contributed by atoms with Crippen LogP contribution in [0.5, 0.6) is 11.5 Å². The second-order valence-corrected chi connectivity index (χ2v) is 6.62. The first-order valence-electron chi connectivity index (χ1n) is 8.89. The Kier molecular flexibility index (Phi) is 4.63. The number of rotatable bonds is 5. The van der Waals surface area contributed by atoms with Crippen LogP contribution in [0.2, 0.25) is 0 Å². The van der Waals surface area contributed by atoms with E-state index in [1.807, 2.05) is 0 Å². The monoisotopic (exact) mass is 411 g/mol. The van der Waals surface area contributed by atoms with Crippen LogP contribution in [0, 0.1) is 17.0 Å². The zero-order valence-electron chi connectivity index (χ0n) is 16.3. The van der Waals surface area contributed by atoms with Crippen molar-refractivity contribution < 1.29 is 28.8 Å². The number of nitro benzene ring substituents is 1. The number of benzene rings is 2. The van der Waals surface area contributed by atoms with Crippen LogP contribution in [0.1, 0.15) is 11.1 Å². The van der Waals surface area contributed by atoms with E-state index in [-0.39, 0.29) is 22.5 Å². The number of carbonyl (C=O) groups excluding carboxylic acids is 2. The van der Waals surface area contributed by atoms with Gasteiger partial charge in [0.05, 0.1) is 41.7 Å². The van der Waals surface area contributed by atoms with Gasteiger partial charge in [-0.1, -0.05) is 6.07 Å². The molecule has 0 saturated carbocycles. The van der Waals surface area contributed by atoms with Crippen molar-refractivity contribution in [1.82, 2.24) is 5.48 Å². The van der Waals surface area contributed by atoms with E-state index in [1.54, 1.807) is 18.2 Å². The number of nitrogens with zero attached hydrogens (tertiary/aromatic N) is 2. The molecule has 1 fully saturated rings. The molecule has 2 aromatic rings. The maximum atomic E-state index is 13.2. The van der Waals surface area contributed by atoms with E-state index in [0.29, 0.717) is 22.8 Å². The highest BCUT2D eigenvalue weighted by Gasteiger charge is 2.51. The van der Waals surface area contributed by atoms with Gasteiger partial charge in [0.1, 0.15) is 0 Å². The molecule has 2 amide bonds. The largest absolute Gasteiger partial charge is 0.493 e. The molecule has 2 heterocycles. The molecule has 10 nitrogen and oxygen atoms in total. The highest BCUT2D eigenvalue weighted by atomic mass is 16.7. The van der Waals surface area contributed by atoms with Crippen LogP contribution in [-0.4, -0.2) is 37.1 Å². The molecule has 0 unspecified atom stereocenters. The molecular weight excluding hydrogens is 394 g/mol. The minimum atomic E-state index is -1.15. The van der Waals surface area contributed by atoms with Crippen LogP contribution < -0.4 is 19.9 Å². The summed E-state index contributed by atoms with van der Waals surface area (Å²) in [6, 6.07) is 9.25. The highest BCUT2D eigenvalue weighted by Crippen LogP contribution is 2.40. The molecule has 30 heavy (non-hydrogen) atoms. The van der Waals surface area contributed by atoms with E-state index in [2.05, 4.69) is 5.48 Å². The summed E-state index contributed by atoms with van der Waals surface area (Å²) in [5, 5.41) is 11.2. The molecule has 1 N–H and O–H groups in total. The predicted octanol–water partition coefficient (Wildman–Crippen LogP) is 2.11. The van der Waals surface area contributed by atoms with Gasteiger partial charge in [0.25, 0.3) is 17.5 Å². The van der Waals surface area contributed by atoms with Crippen molar-refractivity contribution in [2.45, 2.75) is 13.0 Å². The summed E-state index contributed by atoms with van der Waals surface area (Å²) >= 11 is 0. The van der Waals surface area contributed by atoms with E-state index in [1.165, 1.54) is 39.3 Å². The molecule has 0 spiro atoms. The Hall–Kier alpha value is -3.92. The summed E-state index contributed by atoms with van der Waals surface area (Å²) in [7, 11) is 2.99. The number of nitro groups is 1. The minimum Gasteiger partial charge on any atom is -0.493 e. The first-order chi connectivity index (χ1) is 14.4. The fourth-order valence-electron chi connectivity index (χ4n) is 3.58. The number of anilines is 1. The molecule has 4 rings (SSSR count). The molecule has 154 valence electrons. The van der Waals surface area contributed by atoms with Gasteiger partial charge in [0.15, 0.2) is 17.6 Å². The lowest BCUT2D eigenvalue weighted by Crippen LogP contribution is -2.35. The Labute approximate surface area is 170 Å². The average Bonchev–Trinajstić information content (AvgIpc) is 3.28. The Morgan fingerprint density at radius 3 is 2.53 bits per heavy atom. The number of imide groups is 1. The maximum Gasteiger partial charge on any atom is 0.274 e. The lowest BCUT2D eigenvalue weighted by molar-refractivity contribution is -0.385. The lowest BCUT2D eigenvalue weighted by Gasteiger charge is -2.18. The zero-order chi connectivity index (χ0) is 21.6. The van der Waals surface area contributed by atoms with Gasteiger partial charge in [-0.2, -0.15) is 0 Å². The number of hydrogen-bond acceptors (Lipinski definition) is 8. The maximum absolute atomic E-state index is 13.2. The van der Waals surface area contributed by atoms with E-state index in [0.717, 1.165) is 4.90 Å². The van der Waals surface area contributed by atoms with E-state index >= 15 is 0 Å². The van der Waals surface area contributed by atoms with Crippen molar-refractivity contribution in [2.75, 3.05) is 19.1 Å². The quantitative estimate of drug-likeness (QED) is 0.451. The van der Waals surface area contributed by atoms with E-state index < -0.39 is 22.8 Å². The number of ether oxygens (including phenoxy) is 2. The summed E-state index contributed by atoms with van der Waals surface area (Å²) in [5.74, 6) is -0.286. The summed E-state index contributed by atoms with van der Waals surface area (Å²) in [5.41, 5.74) is 3.83. The summed E-state index contributed by atoms with van der Waals surface area (Å²) in [6.45, 7) is 1.49. The second-order valence-electron chi connectivity index (χ2n) is 6.62. The van der Waals surface area contributed by atoms with Gasteiger partial charge in [-0.3, -0.25) is 30.0 Å². The van der Waals surface area contributed by atoms with Gasteiger partial charge in [-0.25, -0.2) is 4.90 Å². The third kappa shape index (κ3) is 2.77. The molecule has 0 aliphatic carbocycles. The standard InChI is InChI=1S/C20H17N3O7/c1-10-12(5-4-6-13(10)23(26)27)22-19(24)16-17(21-30-18(16)20(22)25)11-7-8-14(28-2)15(9-11)29-3/h4-9,18,21H,1-3H3/t18-/m0/s1. The third-order valence-corrected chi connectivity index (χ3v) is 5.07. The van der Waals surface area contributed by atoms with E-state index in [4.69, 9.17) is 14.3 Å². The third-order valence-electron chi connectivity index (χ3n) is 5.07. The first-order valence-corrected chi connectivity index (χ1v) is 8.89. The first kappa shape index (κ1) is 19.4. The van der Waals surface area contributed by atoms with Crippen molar-refractivity contribution in [3.63, 3.8) is 0 Å². The van der Waals surface area contributed by atoms with Crippen LogP contribution >= 0.6 is 0 Å². The van der Waals surface area contributed by atoms with Crippen LogP contribution in [0.3, 0.4) is 0 Å². The molecule has 1 saturated heterocycles. The fraction of sp³-hybridized carbons (Fsp3) is 0.200. The highest BCUT2D eigenvalue weighted by molar-refractivity contribution is 6.33. The Morgan fingerprint density at radius 1 is 1.13 bits per heavy atom. The van der Waals surface area contributed by atoms with Gasteiger partial charge in [0, 0.05) is 11.6 Å². The van der Waals surface area contributed by atoms with E-state index in [9.17, 15) is 19.7 Å². The zero-order valence-corrected chi connectivity index (χ0v) is 16.3. The average molecular weight is 411 g/mol. The van der Waals surface area contributed by atoms with Gasteiger partial charge in [-0.05, 0) is 31.2 Å². The summed E-state index contributed by atoms with van der Waals surface area (Å²) in [4.78, 5) is 43.1. The molecule has 10 heteroatoms. The van der Waals surface area contributed by atoms with Gasteiger partial charge in [-0.15, -0.1) is 0 Å². The van der Waals surface area contributed by atoms with Crippen molar-refractivity contribution in [2.24, 2.45) is 0 Å². The topological polar surface area (TPSA) is 120 Å². The molecule has 2 aromatic carbocycles. The summed E-state index contributed by atoms with van der Waals surface area (Å²) in [6.07, 6.45) is -1.15. The molecular formula is C20H17N3O7. The summed E-state index contributed by atoms with van der Waals surface area (Å²) < 4.78 is 10.5. The minimum absolute atomic E-state index is 0.123. The van der Waals surface area contributed by atoms with Crippen molar-refractivity contribution in [3.8, 4) is 11.5 Å². The number of amides is 2. The van der Waals surface area contributed by atoms with Crippen LogP contribution in [0.4, 0.5) is 11.4 Å². The van der Waals surface area contributed by atoms with Crippen molar-refractivity contribution >= 4 is 28.9 Å². The van der Waals surface area contributed by atoms with Crippen LogP contribution in [0.25, 0.3) is 5.70 Å². The predicted molar refractivity (Wildman–Crippen MR) is 105 cm³/mol. The fourth-order valence-corrected chi connectivity index (χ4v) is 3.58. The van der Waals surface area contributed by atoms with Gasteiger partial charge < -0.3 is 9.47 Å². The number of methoxy groups -OCH3 is 2. The van der Waals surface area contributed by atoms with Gasteiger partial charge >= 0.3 is 0 Å². The number of carbonyl (C=O) groups is 2. The molecule has 0 radical (unpaired) electrons. The molecule has 0 bridgehead atoms. The number of hydrogen-bond donors (Lipinski definition) is 1. The Balaban J connectivity index is 1.81. The van der Waals surface area contributed by atoms with Crippen molar-refractivity contribution in [1.29, 1.82) is 0 Å². The molecule has 2 aliphatic heterocycles. The second kappa shape index (κ2) is 7.16. The number of fused-ring (bicyclic) bond motifs is 1. The van der Waals surface area contributed by atoms with Crippen LogP contribution in [-0.2, 0) is 14.4 Å².